The molecule has 3 aromatic rings. The summed E-state index contributed by atoms with van der Waals surface area (Å²) in [5.74, 6) is 1.15. The minimum absolute atomic E-state index is 0.194. The molecule has 0 radical (unpaired) electrons. The largest absolute Gasteiger partial charge is 0.497 e. The summed E-state index contributed by atoms with van der Waals surface area (Å²) in [5.41, 5.74) is 4.25. The molecule has 0 unspecified atom stereocenters. The predicted octanol–water partition coefficient (Wildman–Crippen LogP) is 5.81. The fraction of sp³-hybridized carbons (Fsp3) is 0.231. The normalized spacial score (nSPS) is 25.3. The molecule has 5 rings (SSSR count). The number of fused-ring (bicyclic) bond motifs is 3. The molecule has 29 heavy (non-hydrogen) atoms. The van der Waals surface area contributed by atoms with Crippen molar-refractivity contribution in [3.05, 3.63) is 102 Å². The van der Waals surface area contributed by atoms with E-state index in [4.69, 9.17) is 9.47 Å². The van der Waals surface area contributed by atoms with E-state index in [0.717, 1.165) is 30.0 Å². The maximum absolute atomic E-state index is 6.56. The van der Waals surface area contributed by atoms with E-state index in [1.807, 2.05) is 12.1 Å². The highest BCUT2D eigenvalue weighted by atomic mass is 16.5. The van der Waals surface area contributed by atoms with Gasteiger partial charge >= 0.3 is 0 Å². The van der Waals surface area contributed by atoms with Gasteiger partial charge in [0.1, 0.15) is 11.4 Å². The van der Waals surface area contributed by atoms with E-state index in [1.54, 1.807) is 7.11 Å². The summed E-state index contributed by atoms with van der Waals surface area (Å²) in [6, 6.07) is 27.6. The second-order valence-corrected chi connectivity index (χ2v) is 7.72. The Hall–Kier alpha value is -3.04. The second-order valence-electron chi connectivity index (χ2n) is 7.72. The van der Waals surface area contributed by atoms with Gasteiger partial charge in [0.05, 0.1) is 13.2 Å². The van der Waals surface area contributed by atoms with Gasteiger partial charge in [0.15, 0.2) is 0 Å². The van der Waals surface area contributed by atoms with Crippen molar-refractivity contribution >= 4 is 11.8 Å². The van der Waals surface area contributed by atoms with Crippen LogP contribution in [-0.4, -0.2) is 13.7 Å². The number of ether oxygens (including phenoxy) is 2. The summed E-state index contributed by atoms with van der Waals surface area (Å²) in [6.45, 7) is 0.742. The molecule has 146 valence electrons. The Morgan fingerprint density at radius 2 is 1.76 bits per heavy atom. The summed E-state index contributed by atoms with van der Waals surface area (Å²) in [4.78, 5) is 0. The van der Waals surface area contributed by atoms with Gasteiger partial charge in [0.2, 0.25) is 0 Å². The summed E-state index contributed by atoms with van der Waals surface area (Å²) < 4.78 is 12.1. The van der Waals surface area contributed by atoms with Crippen molar-refractivity contribution in [2.24, 2.45) is 5.92 Å². The average molecular weight is 383 g/mol. The lowest BCUT2D eigenvalue weighted by atomic mass is 9.71. The monoisotopic (exact) mass is 383 g/mol. The molecule has 0 bridgehead atoms. The molecule has 1 fully saturated rings. The zero-order valence-electron chi connectivity index (χ0n) is 16.5. The van der Waals surface area contributed by atoms with Gasteiger partial charge in [0.25, 0.3) is 0 Å². The van der Waals surface area contributed by atoms with Crippen molar-refractivity contribution in [2.45, 2.75) is 18.1 Å². The number of benzene rings is 3. The molecule has 2 heterocycles. The van der Waals surface area contributed by atoms with Crippen LogP contribution in [0.25, 0.3) is 6.08 Å². The average Bonchev–Trinajstić information content (AvgIpc) is 3.23. The van der Waals surface area contributed by atoms with Crippen LogP contribution < -0.4 is 10.1 Å². The summed E-state index contributed by atoms with van der Waals surface area (Å²) >= 11 is 0. The van der Waals surface area contributed by atoms with Crippen LogP contribution in [0.5, 0.6) is 5.75 Å². The molecular weight excluding hydrogens is 358 g/mol. The molecule has 0 amide bonds. The van der Waals surface area contributed by atoms with E-state index in [-0.39, 0.29) is 6.04 Å². The highest BCUT2D eigenvalue weighted by Crippen LogP contribution is 2.55. The lowest BCUT2D eigenvalue weighted by Gasteiger charge is -2.44. The molecule has 0 aromatic heterocycles. The first-order valence-electron chi connectivity index (χ1n) is 10.2. The lowest BCUT2D eigenvalue weighted by molar-refractivity contribution is 0.00960. The molecule has 3 heteroatoms. The summed E-state index contributed by atoms with van der Waals surface area (Å²) in [5, 5.41) is 3.79. The summed E-state index contributed by atoms with van der Waals surface area (Å²) in [6.07, 6.45) is 5.45. The van der Waals surface area contributed by atoms with Crippen molar-refractivity contribution in [1.82, 2.24) is 0 Å². The highest BCUT2D eigenvalue weighted by molar-refractivity contribution is 5.65. The Morgan fingerprint density at radius 1 is 1.00 bits per heavy atom. The van der Waals surface area contributed by atoms with Gasteiger partial charge in [-0.2, -0.15) is 0 Å². The fourth-order valence-electron chi connectivity index (χ4n) is 4.76. The minimum atomic E-state index is -0.481. The Kier molecular flexibility index (Phi) is 4.61. The van der Waals surface area contributed by atoms with Crippen LogP contribution in [0, 0.1) is 5.92 Å². The number of anilines is 1. The first kappa shape index (κ1) is 18.0. The topological polar surface area (TPSA) is 30.5 Å². The Bertz CT molecular complexity index is 1020. The number of nitrogens with one attached hydrogen (secondary N) is 1. The maximum atomic E-state index is 6.56. The zero-order valence-corrected chi connectivity index (χ0v) is 16.5. The smallest absolute Gasteiger partial charge is 0.119 e. The van der Waals surface area contributed by atoms with E-state index in [0.29, 0.717) is 5.92 Å². The first-order chi connectivity index (χ1) is 14.3. The molecule has 3 atom stereocenters. The van der Waals surface area contributed by atoms with Crippen LogP contribution in [0.3, 0.4) is 0 Å². The van der Waals surface area contributed by atoms with Crippen LogP contribution >= 0.6 is 0 Å². The molecule has 2 aliphatic heterocycles. The van der Waals surface area contributed by atoms with Gasteiger partial charge in [-0.1, -0.05) is 66.7 Å². The van der Waals surface area contributed by atoms with Gasteiger partial charge in [-0.3, -0.25) is 0 Å². The van der Waals surface area contributed by atoms with Gasteiger partial charge in [-0.15, -0.1) is 0 Å². The molecule has 3 nitrogen and oxygen atoms in total. The number of hydrogen-bond acceptors (Lipinski definition) is 3. The lowest BCUT2D eigenvalue weighted by Crippen LogP contribution is -2.41. The van der Waals surface area contributed by atoms with Crippen molar-refractivity contribution in [2.75, 3.05) is 19.0 Å². The van der Waals surface area contributed by atoms with Crippen molar-refractivity contribution in [1.29, 1.82) is 0 Å². The minimum Gasteiger partial charge on any atom is -0.497 e. The van der Waals surface area contributed by atoms with Crippen molar-refractivity contribution in [3.8, 4) is 5.75 Å². The molecule has 0 saturated carbocycles. The van der Waals surface area contributed by atoms with E-state index in [2.05, 4.69) is 84.2 Å². The van der Waals surface area contributed by atoms with Crippen molar-refractivity contribution in [3.63, 3.8) is 0 Å². The van der Waals surface area contributed by atoms with Crippen LogP contribution in [0.4, 0.5) is 5.69 Å². The van der Waals surface area contributed by atoms with Crippen LogP contribution in [-0.2, 0) is 10.3 Å². The molecule has 0 aliphatic carbocycles. The van der Waals surface area contributed by atoms with Gasteiger partial charge in [0, 0.05) is 23.8 Å². The predicted molar refractivity (Wildman–Crippen MR) is 117 cm³/mol. The second kappa shape index (κ2) is 7.41. The molecule has 1 saturated heterocycles. The highest BCUT2D eigenvalue weighted by Gasteiger charge is 2.52. The summed E-state index contributed by atoms with van der Waals surface area (Å²) in [7, 11) is 1.71. The third-order valence-electron chi connectivity index (χ3n) is 6.16. The SMILES string of the molecule is COc1ccc2c(c1)[C@]1(/C=C/c3ccccc3)OCC[C@@H]1[C@@H](c1ccccc1)N2. The Labute approximate surface area is 172 Å². The van der Waals surface area contributed by atoms with Crippen LogP contribution in [0.15, 0.2) is 84.9 Å². The van der Waals surface area contributed by atoms with E-state index in [1.165, 1.54) is 11.1 Å². The van der Waals surface area contributed by atoms with Gasteiger partial charge in [-0.05, 0) is 41.8 Å². The number of rotatable bonds is 4. The Balaban J connectivity index is 1.66. The van der Waals surface area contributed by atoms with E-state index in [9.17, 15) is 0 Å². The molecule has 1 N–H and O–H groups in total. The maximum Gasteiger partial charge on any atom is 0.119 e. The van der Waals surface area contributed by atoms with Crippen molar-refractivity contribution < 1.29 is 9.47 Å². The first-order valence-corrected chi connectivity index (χ1v) is 10.2. The molecule has 2 aliphatic rings. The van der Waals surface area contributed by atoms with E-state index >= 15 is 0 Å². The quantitative estimate of drug-likeness (QED) is 0.617. The van der Waals surface area contributed by atoms with Gasteiger partial charge < -0.3 is 14.8 Å². The standard InChI is InChI=1S/C26H25NO2/c1-28-21-12-13-24-23(18-21)26(16-14-19-8-4-2-5-9-19)22(15-17-29-26)25(27-24)20-10-6-3-7-11-20/h2-14,16,18,22,25,27H,15,17H2,1H3/b16-14+/t22-,25-,26-/m1/s1. The Morgan fingerprint density at radius 3 is 2.52 bits per heavy atom. The van der Waals surface area contributed by atoms with E-state index < -0.39 is 5.60 Å². The fourth-order valence-corrected chi connectivity index (χ4v) is 4.76. The molecule has 3 aromatic carbocycles. The zero-order chi connectivity index (χ0) is 19.7. The third-order valence-corrected chi connectivity index (χ3v) is 6.16. The van der Waals surface area contributed by atoms with Crippen LogP contribution in [0.2, 0.25) is 0 Å². The molecular formula is C26H25NO2. The van der Waals surface area contributed by atoms with Crippen LogP contribution in [0.1, 0.15) is 29.2 Å². The third kappa shape index (κ3) is 3.12. The number of methoxy groups -OCH3 is 1. The number of hydrogen-bond donors (Lipinski definition) is 1. The molecule has 0 spiro atoms. The van der Waals surface area contributed by atoms with Gasteiger partial charge in [-0.25, -0.2) is 0 Å².